The van der Waals surface area contributed by atoms with Crippen molar-refractivity contribution in [2.75, 3.05) is 13.6 Å². The third-order valence-electron chi connectivity index (χ3n) is 4.01. The van der Waals surface area contributed by atoms with Crippen molar-refractivity contribution < 1.29 is 4.79 Å². The smallest absolute Gasteiger partial charge is 0.225 e. The molecule has 2 fully saturated rings. The van der Waals surface area contributed by atoms with Gasteiger partial charge in [-0.05, 0) is 31.6 Å². The second kappa shape index (κ2) is 6.60. The van der Waals surface area contributed by atoms with E-state index in [0.717, 1.165) is 38.1 Å². The lowest BCUT2D eigenvalue weighted by atomic mass is 9.85. The van der Waals surface area contributed by atoms with Gasteiger partial charge in [0, 0.05) is 25.6 Å². The van der Waals surface area contributed by atoms with Gasteiger partial charge in [0.25, 0.3) is 0 Å². The normalized spacial score (nSPS) is 28.4. The van der Waals surface area contributed by atoms with Crippen LogP contribution in [0.3, 0.4) is 0 Å². The first-order valence-corrected chi connectivity index (χ1v) is 6.67. The van der Waals surface area contributed by atoms with Crippen LogP contribution in [-0.4, -0.2) is 30.4 Å². The maximum Gasteiger partial charge on any atom is 0.225 e. The minimum absolute atomic E-state index is 0. The lowest BCUT2D eigenvalue weighted by molar-refractivity contribution is -0.135. The monoisotopic (exact) mass is 260 g/mol. The molecular weight excluding hydrogens is 236 g/mol. The summed E-state index contributed by atoms with van der Waals surface area (Å²) in [7, 11) is 1.95. The topological polar surface area (TPSA) is 46.3 Å². The Labute approximate surface area is 111 Å². The highest BCUT2D eigenvalue weighted by atomic mass is 35.5. The summed E-state index contributed by atoms with van der Waals surface area (Å²) >= 11 is 0. The second-order valence-corrected chi connectivity index (χ2v) is 5.62. The van der Waals surface area contributed by atoms with E-state index in [1.54, 1.807) is 0 Å². The van der Waals surface area contributed by atoms with Crippen LogP contribution in [0.15, 0.2) is 0 Å². The Morgan fingerprint density at radius 2 is 2.00 bits per heavy atom. The van der Waals surface area contributed by atoms with Crippen LogP contribution in [0.4, 0.5) is 0 Å². The van der Waals surface area contributed by atoms with Crippen molar-refractivity contribution in [2.45, 2.75) is 51.0 Å². The number of amides is 1. The predicted molar refractivity (Wildman–Crippen MR) is 72.2 cm³/mol. The van der Waals surface area contributed by atoms with Crippen LogP contribution in [0.5, 0.6) is 0 Å². The number of hydrogen-bond acceptors (Lipinski definition) is 2. The molecule has 0 aromatic rings. The molecule has 0 spiro atoms. The summed E-state index contributed by atoms with van der Waals surface area (Å²) in [6, 6.07) is 0.250. The standard InChI is InChI=1S/C13H24N2O.ClH/c1-15(8-7-10-5-6-10)13(16)11-3-2-4-12(14)9-11;/h10-12H,2-9,14H2,1H3;1H. The van der Waals surface area contributed by atoms with Gasteiger partial charge in [0.05, 0.1) is 0 Å². The van der Waals surface area contributed by atoms with Crippen LogP contribution < -0.4 is 5.73 Å². The summed E-state index contributed by atoms with van der Waals surface area (Å²) in [5, 5.41) is 0. The first kappa shape index (κ1) is 14.8. The van der Waals surface area contributed by atoms with Gasteiger partial charge in [-0.15, -0.1) is 12.4 Å². The number of carbonyl (C=O) groups excluding carboxylic acids is 1. The average molecular weight is 261 g/mol. The van der Waals surface area contributed by atoms with Crippen molar-refractivity contribution in [3.63, 3.8) is 0 Å². The molecule has 0 aliphatic heterocycles. The van der Waals surface area contributed by atoms with Crippen LogP contribution >= 0.6 is 12.4 Å². The first-order valence-electron chi connectivity index (χ1n) is 6.67. The molecule has 1 amide bonds. The summed E-state index contributed by atoms with van der Waals surface area (Å²) in [5.41, 5.74) is 5.92. The van der Waals surface area contributed by atoms with Crippen LogP contribution in [0.1, 0.15) is 44.9 Å². The van der Waals surface area contributed by atoms with Gasteiger partial charge in [-0.3, -0.25) is 4.79 Å². The molecule has 2 aliphatic rings. The van der Waals surface area contributed by atoms with E-state index in [4.69, 9.17) is 5.73 Å². The lowest BCUT2D eigenvalue weighted by Crippen LogP contribution is -2.39. The number of nitrogens with zero attached hydrogens (tertiary/aromatic N) is 1. The van der Waals surface area contributed by atoms with Crippen molar-refractivity contribution in [1.82, 2.24) is 4.90 Å². The van der Waals surface area contributed by atoms with E-state index in [9.17, 15) is 4.79 Å². The molecule has 2 saturated carbocycles. The van der Waals surface area contributed by atoms with E-state index >= 15 is 0 Å². The molecule has 0 radical (unpaired) electrons. The van der Waals surface area contributed by atoms with Gasteiger partial charge in [-0.2, -0.15) is 0 Å². The zero-order valence-electron chi connectivity index (χ0n) is 10.7. The van der Waals surface area contributed by atoms with E-state index in [0.29, 0.717) is 5.91 Å². The summed E-state index contributed by atoms with van der Waals surface area (Å²) in [4.78, 5) is 14.1. The molecule has 2 atom stereocenters. The lowest BCUT2D eigenvalue weighted by Gasteiger charge is -2.29. The SMILES string of the molecule is CN(CCC1CC1)C(=O)C1CCCC(N)C1.Cl. The molecule has 100 valence electrons. The largest absolute Gasteiger partial charge is 0.346 e. The van der Waals surface area contributed by atoms with Crippen LogP contribution in [0, 0.1) is 11.8 Å². The highest BCUT2D eigenvalue weighted by molar-refractivity contribution is 5.85. The molecule has 4 heteroatoms. The number of halogens is 1. The summed E-state index contributed by atoms with van der Waals surface area (Å²) in [6.45, 7) is 0.940. The predicted octanol–water partition coefficient (Wildman–Crippen LogP) is 2.18. The summed E-state index contributed by atoms with van der Waals surface area (Å²) in [6.07, 6.45) is 8.09. The number of carbonyl (C=O) groups is 1. The average Bonchev–Trinajstić information content (AvgIpc) is 3.08. The van der Waals surface area contributed by atoms with Crippen molar-refractivity contribution >= 4 is 18.3 Å². The quantitative estimate of drug-likeness (QED) is 0.842. The van der Waals surface area contributed by atoms with Gasteiger partial charge in [0.1, 0.15) is 0 Å². The Kier molecular flexibility index (Phi) is 5.74. The Morgan fingerprint density at radius 3 is 2.59 bits per heavy atom. The van der Waals surface area contributed by atoms with E-state index in [-0.39, 0.29) is 24.4 Å². The van der Waals surface area contributed by atoms with Gasteiger partial charge in [0.2, 0.25) is 5.91 Å². The first-order chi connectivity index (χ1) is 7.66. The molecule has 3 nitrogen and oxygen atoms in total. The minimum Gasteiger partial charge on any atom is -0.346 e. The van der Waals surface area contributed by atoms with E-state index in [1.807, 2.05) is 11.9 Å². The molecule has 0 aromatic carbocycles. The van der Waals surface area contributed by atoms with E-state index in [2.05, 4.69) is 0 Å². The summed E-state index contributed by atoms with van der Waals surface area (Å²) < 4.78 is 0. The third kappa shape index (κ3) is 4.47. The van der Waals surface area contributed by atoms with Crippen molar-refractivity contribution in [3.05, 3.63) is 0 Å². The maximum absolute atomic E-state index is 12.1. The van der Waals surface area contributed by atoms with Crippen molar-refractivity contribution in [2.24, 2.45) is 17.6 Å². The molecular formula is C13H25ClN2O. The Morgan fingerprint density at radius 1 is 1.29 bits per heavy atom. The fourth-order valence-corrected chi connectivity index (χ4v) is 2.66. The molecule has 0 heterocycles. The van der Waals surface area contributed by atoms with Gasteiger partial charge < -0.3 is 10.6 Å². The second-order valence-electron chi connectivity index (χ2n) is 5.62. The molecule has 2 unspecified atom stereocenters. The van der Waals surface area contributed by atoms with Crippen molar-refractivity contribution in [1.29, 1.82) is 0 Å². The minimum atomic E-state index is 0. The molecule has 17 heavy (non-hydrogen) atoms. The van der Waals surface area contributed by atoms with E-state index < -0.39 is 0 Å². The molecule has 0 bridgehead atoms. The zero-order chi connectivity index (χ0) is 11.5. The maximum atomic E-state index is 12.1. The molecule has 0 saturated heterocycles. The fraction of sp³-hybridized carbons (Fsp3) is 0.923. The number of hydrogen-bond donors (Lipinski definition) is 1. The van der Waals surface area contributed by atoms with Crippen molar-refractivity contribution in [3.8, 4) is 0 Å². The zero-order valence-corrected chi connectivity index (χ0v) is 11.5. The molecule has 2 rings (SSSR count). The fourth-order valence-electron chi connectivity index (χ4n) is 2.66. The van der Waals surface area contributed by atoms with Gasteiger partial charge >= 0.3 is 0 Å². The van der Waals surface area contributed by atoms with Gasteiger partial charge in [0.15, 0.2) is 0 Å². The Bertz CT molecular complexity index is 256. The third-order valence-corrected chi connectivity index (χ3v) is 4.01. The summed E-state index contributed by atoms with van der Waals surface area (Å²) in [5.74, 6) is 1.44. The number of rotatable bonds is 4. The van der Waals surface area contributed by atoms with Crippen LogP contribution in [0.25, 0.3) is 0 Å². The van der Waals surface area contributed by atoms with Gasteiger partial charge in [-0.25, -0.2) is 0 Å². The van der Waals surface area contributed by atoms with Gasteiger partial charge in [-0.1, -0.05) is 19.3 Å². The van der Waals surface area contributed by atoms with E-state index in [1.165, 1.54) is 19.3 Å². The Balaban J connectivity index is 0.00000144. The molecule has 0 aromatic heterocycles. The molecule has 2 aliphatic carbocycles. The highest BCUT2D eigenvalue weighted by Gasteiger charge is 2.28. The number of nitrogens with two attached hydrogens (primary N) is 1. The van der Waals surface area contributed by atoms with Crippen LogP contribution in [-0.2, 0) is 4.79 Å². The van der Waals surface area contributed by atoms with Crippen LogP contribution in [0.2, 0.25) is 0 Å². The molecule has 2 N–H and O–H groups in total. The Hall–Kier alpha value is -0.280. The highest BCUT2D eigenvalue weighted by Crippen LogP contribution is 2.32.